The summed E-state index contributed by atoms with van der Waals surface area (Å²) < 4.78 is 77.7. The maximum atomic E-state index is 12.2. The molecule has 0 aromatic heterocycles. The largest absolute Gasteiger partial charge is 0.394 e. The van der Waals surface area contributed by atoms with Crippen LogP contribution < -0.4 is 5.32 Å². The Kier molecular flexibility index (Phi) is 24.8. The molecule has 19 N–H and O–H groups in total. The van der Waals surface area contributed by atoms with Crippen LogP contribution in [0.5, 0.6) is 0 Å². The molecule has 478 valence electrons. The minimum absolute atomic E-state index is 0.0904. The molecule has 0 radical (unpaired) electrons. The van der Waals surface area contributed by atoms with Crippen molar-refractivity contribution in [3.05, 3.63) is 0 Å². The fraction of sp³-hybridized carbons (Fsp3) is 0.979. The smallest absolute Gasteiger partial charge is 0.232 e. The van der Waals surface area contributed by atoms with E-state index in [4.69, 9.17) is 61.6 Å². The molecule has 0 aliphatic carbocycles. The third kappa shape index (κ3) is 14.4. The average Bonchev–Trinajstić information content (AvgIpc) is 3.14. The predicted octanol–water partition coefficient (Wildman–Crippen LogP) is -10.7. The Labute approximate surface area is 477 Å². The highest BCUT2D eigenvalue weighted by Crippen LogP contribution is 2.40. The number of hydrogen-bond donors (Lipinski definition) is 19. The first kappa shape index (κ1) is 68.2. The molecule has 7 aliphatic rings. The van der Waals surface area contributed by atoms with Gasteiger partial charge in [-0.3, -0.25) is 4.79 Å². The van der Waals surface area contributed by atoms with Gasteiger partial charge in [0.15, 0.2) is 37.7 Å². The fourth-order valence-electron chi connectivity index (χ4n) is 11.0. The minimum Gasteiger partial charge on any atom is -0.394 e. The van der Waals surface area contributed by atoms with Crippen LogP contribution in [0.2, 0.25) is 0 Å². The lowest BCUT2D eigenvalue weighted by atomic mass is 9.89. The Balaban J connectivity index is 1.17. The molecule has 7 fully saturated rings. The first-order valence-electron chi connectivity index (χ1n) is 27.0. The van der Waals surface area contributed by atoms with E-state index in [0.717, 1.165) is 0 Å². The Morgan fingerprint density at radius 3 is 1.16 bits per heavy atom. The van der Waals surface area contributed by atoms with Crippen LogP contribution in [0.15, 0.2) is 0 Å². The van der Waals surface area contributed by atoms with Crippen LogP contribution in [0.1, 0.15) is 27.7 Å². The lowest BCUT2D eigenvalue weighted by Crippen LogP contribution is -2.68. The number of amides is 1. The van der Waals surface area contributed by atoms with Crippen LogP contribution in [-0.4, -0.2) is 340 Å². The summed E-state index contributed by atoms with van der Waals surface area (Å²) in [6.07, 6.45) is -52.7. The van der Waals surface area contributed by atoms with Crippen LogP contribution >= 0.6 is 15.9 Å². The van der Waals surface area contributed by atoms with Crippen molar-refractivity contribution in [1.29, 1.82) is 0 Å². The second-order valence-corrected chi connectivity index (χ2v) is 22.4. The number of rotatable bonds is 21. The number of hydrogen-bond acceptors (Lipinski definition) is 32. The van der Waals surface area contributed by atoms with Crippen molar-refractivity contribution in [2.24, 2.45) is 23.7 Å². The number of ether oxygens (including phenoxy) is 13. The van der Waals surface area contributed by atoms with Crippen molar-refractivity contribution in [1.82, 2.24) is 5.32 Å². The molecule has 7 aliphatic heterocycles. The summed E-state index contributed by atoms with van der Waals surface area (Å²) in [6, 6.07) is 0. The molecule has 0 aromatic rings. The maximum Gasteiger partial charge on any atom is 0.232 e. The van der Waals surface area contributed by atoms with Gasteiger partial charge in [-0.05, 0) is 0 Å². The van der Waals surface area contributed by atoms with Crippen LogP contribution in [0.3, 0.4) is 0 Å². The fourth-order valence-corrected chi connectivity index (χ4v) is 11.1. The first-order valence-corrected chi connectivity index (χ1v) is 28.2. The van der Waals surface area contributed by atoms with Gasteiger partial charge in [0.2, 0.25) is 5.91 Å². The molecule has 33 nitrogen and oxygen atoms in total. The SMILES string of the molecule is CC1C(O)[C@H](O[C@@H]2OC(CO)[C@@H](O[C@@H]3OC(CO[C@H]4OC(CO)[C@@H](O)C(O)[C@H]4OC4O[C@@H](CO)[C@@H](O)[C@@H](O)C4C)[C@@H](O)C(O[C@H]4O[C@H](CO)[C@@H](O)C(O)C4O[C@@H]4OC(CO)[C@@H](O)C(O)[C@@H]4C)[C@H]3O)C(O)[C@@H]2C)C(CO)O[C@H]1NC(=O)CBr. The normalized spacial score (nSPS) is 51.4. The number of nitrogens with one attached hydrogen (secondary N) is 1. The zero-order valence-electron chi connectivity index (χ0n) is 45.0. The summed E-state index contributed by atoms with van der Waals surface area (Å²) in [5, 5.41) is 199. The molecular weight excluding hydrogens is 1180 g/mol. The van der Waals surface area contributed by atoms with Gasteiger partial charge in [-0.2, -0.15) is 0 Å². The van der Waals surface area contributed by atoms with E-state index in [1.807, 2.05) is 0 Å². The number of alkyl halides is 1. The van der Waals surface area contributed by atoms with Crippen molar-refractivity contribution in [2.45, 2.75) is 218 Å². The minimum atomic E-state index is -2.23. The summed E-state index contributed by atoms with van der Waals surface area (Å²) in [4.78, 5) is 12.2. The first-order chi connectivity index (χ1) is 38.9. The number of halogens is 1. The maximum absolute atomic E-state index is 12.2. The Bertz CT molecular complexity index is 1960. The summed E-state index contributed by atoms with van der Waals surface area (Å²) in [6.45, 7) is -0.268. The van der Waals surface area contributed by atoms with E-state index in [1.165, 1.54) is 20.8 Å². The highest BCUT2D eigenvalue weighted by Gasteiger charge is 2.58. The van der Waals surface area contributed by atoms with E-state index < -0.39 is 266 Å². The van der Waals surface area contributed by atoms with E-state index >= 15 is 0 Å². The topological polar surface area (TPSA) is 513 Å². The molecule has 15 unspecified atom stereocenters. The summed E-state index contributed by atoms with van der Waals surface area (Å²) in [5.41, 5.74) is 0. The van der Waals surface area contributed by atoms with E-state index in [0.29, 0.717) is 0 Å². The van der Waals surface area contributed by atoms with Crippen molar-refractivity contribution < 1.29 is 158 Å². The summed E-state index contributed by atoms with van der Waals surface area (Å²) in [5.74, 6) is -4.63. The number of aliphatic hydroxyl groups is 18. The molecule has 7 heterocycles. The van der Waals surface area contributed by atoms with Crippen molar-refractivity contribution >= 4 is 21.8 Å². The van der Waals surface area contributed by atoms with Gasteiger partial charge in [-0.15, -0.1) is 0 Å². The molecule has 7 saturated heterocycles. The molecule has 82 heavy (non-hydrogen) atoms. The van der Waals surface area contributed by atoms with E-state index in [9.17, 15) is 96.7 Å². The third-order valence-electron chi connectivity index (χ3n) is 16.4. The van der Waals surface area contributed by atoms with Gasteiger partial charge < -0.3 is 159 Å². The number of aliphatic hydroxyl groups excluding tert-OH is 18. The van der Waals surface area contributed by atoms with E-state index in [-0.39, 0.29) is 5.33 Å². The third-order valence-corrected chi connectivity index (χ3v) is 16.9. The molecule has 0 aromatic carbocycles. The molecule has 34 heteroatoms. The number of carbonyl (C=O) groups is 1. The van der Waals surface area contributed by atoms with E-state index in [2.05, 4.69) is 21.2 Å². The van der Waals surface area contributed by atoms with Gasteiger partial charge in [0.1, 0.15) is 128 Å². The summed E-state index contributed by atoms with van der Waals surface area (Å²) in [7, 11) is 0. The van der Waals surface area contributed by atoms with Gasteiger partial charge in [0.25, 0.3) is 0 Å². The second kappa shape index (κ2) is 29.8. The van der Waals surface area contributed by atoms with Crippen LogP contribution in [0.4, 0.5) is 0 Å². The van der Waals surface area contributed by atoms with Gasteiger partial charge >= 0.3 is 0 Å². The predicted molar refractivity (Wildman–Crippen MR) is 264 cm³/mol. The van der Waals surface area contributed by atoms with Crippen LogP contribution in [0.25, 0.3) is 0 Å². The molecule has 0 saturated carbocycles. The summed E-state index contributed by atoms with van der Waals surface area (Å²) >= 11 is 3.04. The van der Waals surface area contributed by atoms with Gasteiger partial charge in [0.05, 0.1) is 76.0 Å². The highest BCUT2D eigenvalue weighted by molar-refractivity contribution is 9.09. The monoisotopic (exact) mass is 1260 g/mol. The molecular formula is C48H82BrNO32. The molecule has 1 amide bonds. The molecule has 35 atom stereocenters. The lowest BCUT2D eigenvalue weighted by molar-refractivity contribution is -0.398. The zero-order valence-corrected chi connectivity index (χ0v) is 46.6. The van der Waals surface area contributed by atoms with Gasteiger partial charge in [0, 0.05) is 23.7 Å². The van der Waals surface area contributed by atoms with Crippen molar-refractivity contribution in [3.8, 4) is 0 Å². The van der Waals surface area contributed by atoms with Gasteiger partial charge in [-0.25, -0.2) is 0 Å². The standard InChI is InChI=1S/C48H82BrNO32/c1-13-27(60)37(21(10-55)71-42(13)50-24(57)5-49)78-45-16(4)28(61)38(22(11-56)76-45)79-46-36(69)39(80-48-41(35(68)32(65)20(9-54)75-48)82-44-15(3)26(59)30(63)18(7-52)73-44)33(66)23(77-46)12-70-47-40(34(67)31(64)19(8-53)74-47)81-43-14(2)25(58)29(62)17(6-51)72-43/h13-23,25-48,51-56,58-69H,5-12H2,1-4H3,(H,50,57)/t13?,14?,15-,16-,17-,18?,19?,20+,21?,22?,23?,25-,26?,27?,28?,29+,30+,31+,32+,33+,34?,35?,36+,37+,38+,39?,40+,41?,42+,43?,44-,45-,46-,47-,48+/m0/s1. The second-order valence-electron chi connectivity index (χ2n) is 21.8. The van der Waals surface area contributed by atoms with Crippen molar-refractivity contribution in [2.75, 3.05) is 51.6 Å². The molecule has 0 bridgehead atoms. The molecule has 7 rings (SSSR count). The van der Waals surface area contributed by atoms with Gasteiger partial charge in [-0.1, -0.05) is 43.6 Å². The molecule has 0 spiro atoms. The Hall–Kier alpha value is -1.29. The van der Waals surface area contributed by atoms with Crippen LogP contribution in [0, 0.1) is 23.7 Å². The quantitative estimate of drug-likeness (QED) is 0.0475. The average molecular weight is 1270 g/mol. The number of carbonyl (C=O) groups excluding carboxylic acids is 1. The lowest BCUT2D eigenvalue weighted by Gasteiger charge is -2.50. The zero-order chi connectivity index (χ0) is 60.3. The van der Waals surface area contributed by atoms with Crippen molar-refractivity contribution in [3.63, 3.8) is 0 Å². The Morgan fingerprint density at radius 2 is 0.695 bits per heavy atom. The van der Waals surface area contributed by atoms with E-state index in [1.54, 1.807) is 6.92 Å². The van der Waals surface area contributed by atoms with Crippen LogP contribution in [-0.2, 0) is 66.4 Å². The Morgan fingerprint density at radius 1 is 0.354 bits per heavy atom. The highest BCUT2D eigenvalue weighted by atomic mass is 79.9.